The fourth-order valence-corrected chi connectivity index (χ4v) is 4.22. The van der Waals surface area contributed by atoms with Gasteiger partial charge in [0.05, 0.1) is 16.6 Å². The molecule has 0 aliphatic carbocycles. The third-order valence-corrected chi connectivity index (χ3v) is 5.66. The van der Waals surface area contributed by atoms with Gasteiger partial charge in [0.2, 0.25) is 11.8 Å². The number of carbonyl (C=O) groups excluding carboxylic acids is 2. The Balaban J connectivity index is 1.71. The van der Waals surface area contributed by atoms with Crippen LogP contribution in [0, 0.1) is 0 Å². The Morgan fingerprint density at radius 2 is 2.15 bits per heavy atom. The number of likely N-dealkylation sites (N-methyl/N-ethyl adjacent to an activating group) is 1. The molecule has 1 saturated heterocycles. The average Bonchev–Trinajstić information content (AvgIpc) is 2.99. The van der Waals surface area contributed by atoms with Crippen molar-refractivity contribution in [2.45, 2.75) is 32.4 Å². The highest BCUT2D eigenvalue weighted by Gasteiger charge is 2.34. The van der Waals surface area contributed by atoms with Crippen LogP contribution in [-0.4, -0.2) is 65.4 Å². The van der Waals surface area contributed by atoms with Crippen molar-refractivity contribution in [3.8, 4) is 0 Å². The molecule has 2 heterocycles. The number of nitrogens with two attached hydrogens (primary N) is 1. The highest BCUT2D eigenvalue weighted by Crippen LogP contribution is 2.25. The molecule has 0 unspecified atom stereocenters. The van der Waals surface area contributed by atoms with Crippen molar-refractivity contribution in [3.63, 3.8) is 0 Å². The highest BCUT2D eigenvalue weighted by molar-refractivity contribution is 7.22. The summed E-state index contributed by atoms with van der Waals surface area (Å²) >= 11 is 1.42. The van der Waals surface area contributed by atoms with Gasteiger partial charge < -0.3 is 16.0 Å². The van der Waals surface area contributed by atoms with Gasteiger partial charge in [0, 0.05) is 32.7 Å². The molecule has 1 aromatic heterocycles. The zero-order valence-electron chi connectivity index (χ0n) is 15.4. The predicted molar refractivity (Wildman–Crippen MR) is 104 cm³/mol. The molecule has 8 heteroatoms. The van der Waals surface area contributed by atoms with Crippen LogP contribution < -0.4 is 11.1 Å². The van der Waals surface area contributed by atoms with E-state index in [2.05, 4.69) is 29.0 Å². The number of nitrogen functional groups attached to an aromatic ring is 1. The van der Waals surface area contributed by atoms with Crippen molar-refractivity contribution in [1.29, 1.82) is 0 Å². The van der Waals surface area contributed by atoms with Gasteiger partial charge >= 0.3 is 0 Å². The molecule has 2 aromatic rings. The minimum absolute atomic E-state index is 0.0409. The summed E-state index contributed by atoms with van der Waals surface area (Å²) in [5.41, 5.74) is 7.54. The molecule has 3 N–H and O–H groups in total. The third kappa shape index (κ3) is 3.81. The molecule has 0 radical (unpaired) electrons. The standard InChI is InChI=1S/C18H25N5O2S/c1-11(2)23-7-6-22(10-14(23)17(25)20-3)16(24)9-12-4-5-13-15(8-12)26-18(19)21-13/h4-5,8,11,14H,6-7,9-10H2,1-3H3,(H2,19,21)(H,20,25)/t14-/m0/s1. The number of thiazole rings is 1. The minimum atomic E-state index is -0.304. The quantitative estimate of drug-likeness (QED) is 0.835. The lowest BCUT2D eigenvalue weighted by Crippen LogP contribution is -2.61. The fourth-order valence-electron chi connectivity index (χ4n) is 3.42. The van der Waals surface area contributed by atoms with E-state index in [9.17, 15) is 9.59 Å². The largest absolute Gasteiger partial charge is 0.375 e. The van der Waals surface area contributed by atoms with Crippen LogP contribution in [-0.2, 0) is 16.0 Å². The first-order chi connectivity index (χ1) is 12.4. The topological polar surface area (TPSA) is 91.6 Å². The summed E-state index contributed by atoms with van der Waals surface area (Å²) in [4.78, 5) is 33.2. The number of piperazine rings is 1. The van der Waals surface area contributed by atoms with Crippen molar-refractivity contribution in [2.24, 2.45) is 0 Å². The molecule has 7 nitrogen and oxygen atoms in total. The highest BCUT2D eigenvalue weighted by atomic mass is 32.1. The second kappa shape index (κ2) is 7.59. The lowest BCUT2D eigenvalue weighted by Gasteiger charge is -2.42. The van der Waals surface area contributed by atoms with Gasteiger partial charge in [0.25, 0.3) is 0 Å². The number of anilines is 1. The van der Waals surface area contributed by atoms with E-state index in [1.165, 1.54) is 11.3 Å². The van der Waals surface area contributed by atoms with E-state index < -0.39 is 0 Å². The second-order valence-corrected chi connectivity index (χ2v) is 7.89. The number of nitrogens with zero attached hydrogens (tertiary/aromatic N) is 3. The number of hydrogen-bond donors (Lipinski definition) is 2. The second-order valence-electron chi connectivity index (χ2n) is 6.83. The molecule has 1 atom stereocenters. The first-order valence-corrected chi connectivity index (χ1v) is 9.60. The summed E-state index contributed by atoms with van der Waals surface area (Å²) in [6.45, 7) is 5.91. The van der Waals surface area contributed by atoms with Crippen molar-refractivity contribution >= 4 is 38.5 Å². The zero-order chi connectivity index (χ0) is 18.8. The summed E-state index contributed by atoms with van der Waals surface area (Å²) in [5, 5.41) is 3.24. The van der Waals surface area contributed by atoms with Crippen LogP contribution in [0.4, 0.5) is 5.13 Å². The third-order valence-electron chi connectivity index (χ3n) is 4.81. The molecule has 0 saturated carbocycles. The first-order valence-electron chi connectivity index (χ1n) is 8.79. The molecule has 1 aromatic carbocycles. The number of rotatable bonds is 4. The molecular formula is C18H25N5O2S. The summed E-state index contributed by atoms with van der Waals surface area (Å²) in [5.74, 6) is -0.00287. The van der Waals surface area contributed by atoms with Gasteiger partial charge in [0.1, 0.15) is 6.04 Å². The number of carbonyl (C=O) groups is 2. The van der Waals surface area contributed by atoms with Crippen molar-refractivity contribution in [3.05, 3.63) is 23.8 Å². The normalized spacial score (nSPS) is 18.5. The van der Waals surface area contributed by atoms with Crippen LogP contribution in [0.5, 0.6) is 0 Å². The molecule has 1 aliphatic rings. The van der Waals surface area contributed by atoms with Gasteiger partial charge in [-0.05, 0) is 31.5 Å². The maximum atomic E-state index is 12.8. The molecule has 0 spiro atoms. The summed E-state index contributed by atoms with van der Waals surface area (Å²) in [7, 11) is 1.64. The van der Waals surface area contributed by atoms with E-state index in [0.29, 0.717) is 31.2 Å². The van der Waals surface area contributed by atoms with E-state index >= 15 is 0 Å². The Labute approximate surface area is 157 Å². The summed E-state index contributed by atoms with van der Waals surface area (Å²) in [6.07, 6.45) is 0.315. The maximum absolute atomic E-state index is 12.8. The monoisotopic (exact) mass is 375 g/mol. The van der Waals surface area contributed by atoms with Gasteiger partial charge in [-0.25, -0.2) is 4.98 Å². The molecule has 1 aliphatic heterocycles. The first kappa shape index (κ1) is 18.6. The number of amides is 2. The lowest BCUT2D eigenvalue weighted by molar-refractivity contribution is -0.138. The van der Waals surface area contributed by atoms with E-state index in [1.807, 2.05) is 18.2 Å². The van der Waals surface area contributed by atoms with E-state index in [-0.39, 0.29) is 23.9 Å². The van der Waals surface area contributed by atoms with Crippen molar-refractivity contribution < 1.29 is 9.59 Å². The van der Waals surface area contributed by atoms with Gasteiger partial charge in [-0.2, -0.15) is 0 Å². The van der Waals surface area contributed by atoms with Crippen LogP contribution in [0.3, 0.4) is 0 Å². The summed E-state index contributed by atoms with van der Waals surface area (Å²) < 4.78 is 0.987. The van der Waals surface area contributed by atoms with Crippen LogP contribution >= 0.6 is 11.3 Å². The van der Waals surface area contributed by atoms with E-state index in [1.54, 1.807) is 11.9 Å². The van der Waals surface area contributed by atoms with Crippen molar-refractivity contribution in [2.75, 3.05) is 32.4 Å². The maximum Gasteiger partial charge on any atom is 0.238 e. The van der Waals surface area contributed by atoms with Crippen LogP contribution in [0.2, 0.25) is 0 Å². The smallest absolute Gasteiger partial charge is 0.238 e. The average molecular weight is 375 g/mol. The zero-order valence-corrected chi connectivity index (χ0v) is 16.2. The number of benzene rings is 1. The molecule has 140 valence electrons. The fraction of sp³-hybridized carbons (Fsp3) is 0.500. The molecular weight excluding hydrogens is 350 g/mol. The van der Waals surface area contributed by atoms with Crippen LogP contribution in [0.25, 0.3) is 10.2 Å². The van der Waals surface area contributed by atoms with E-state index in [0.717, 1.165) is 15.8 Å². The van der Waals surface area contributed by atoms with Crippen LogP contribution in [0.15, 0.2) is 18.2 Å². The number of aromatic nitrogens is 1. The molecule has 0 bridgehead atoms. The molecule has 26 heavy (non-hydrogen) atoms. The number of nitrogens with one attached hydrogen (secondary N) is 1. The van der Waals surface area contributed by atoms with Crippen molar-refractivity contribution in [1.82, 2.24) is 20.1 Å². The Morgan fingerprint density at radius 1 is 1.38 bits per heavy atom. The molecule has 2 amide bonds. The Kier molecular flexibility index (Phi) is 5.43. The number of fused-ring (bicyclic) bond motifs is 1. The minimum Gasteiger partial charge on any atom is -0.375 e. The van der Waals surface area contributed by atoms with Crippen LogP contribution in [0.1, 0.15) is 19.4 Å². The van der Waals surface area contributed by atoms with E-state index in [4.69, 9.17) is 5.73 Å². The Hall–Kier alpha value is -2.19. The molecule has 1 fully saturated rings. The Bertz CT molecular complexity index is 819. The summed E-state index contributed by atoms with van der Waals surface area (Å²) in [6, 6.07) is 5.74. The Morgan fingerprint density at radius 3 is 2.85 bits per heavy atom. The predicted octanol–water partition coefficient (Wildman–Crippen LogP) is 1.09. The van der Waals surface area contributed by atoms with Gasteiger partial charge in [-0.15, -0.1) is 0 Å². The van der Waals surface area contributed by atoms with Gasteiger partial charge in [-0.3, -0.25) is 14.5 Å². The number of hydrogen-bond acceptors (Lipinski definition) is 6. The lowest BCUT2D eigenvalue weighted by atomic mass is 10.1. The molecule has 3 rings (SSSR count). The SMILES string of the molecule is CNC(=O)[C@@H]1CN(C(=O)Cc2ccc3nc(N)sc3c2)CCN1C(C)C. The van der Waals surface area contributed by atoms with Gasteiger partial charge in [-0.1, -0.05) is 17.4 Å². The van der Waals surface area contributed by atoms with Gasteiger partial charge in [0.15, 0.2) is 5.13 Å².